The molecule has 0 saturated carbocycles. The minimum atomic E-state index is -4.75. The van der Waals surface area contributed by atoms with E-state index in [1.165, 1.54) is 13.2 Å². The molecule has 0 saturated heterocycles. The number of anilines is 1. The number of alkyl halides is 3. The second-order valence-electron chi connectivity index (χ2n) is 3.86. The number of halogens is 3. The van der Waals surface area contributed by atoms with Gasteiger partial charge in [-0.3, -0.25) is 4.72 Å². The number of rotatable bonds is 6. The molecule has 1 rings (SSSR count). The van der Waals surface area contributed by atoms with Gasteiger partial charge in [0.05, 0.1) is 29.5 Å². The Morgan fingerprint density at radius 2 is 2.05 bits per heavy atom. The van der Waals surface area contributed by atoms with Crippen LogP contribution in [0, 0.1) is 11.3 Å². The first-order valence-electron chi connectivity index (χ1n) is 5.57. The molecule has 116 valence electrons. The first-order chi connectivity index (χ1) is 9.69. The van der Waals surface area contributed by atoms with Gasteiger partial charge in [-0.25, -0.2) is 0 Å². The lowest BCUT2D eigenvalue weighted by Crippen LogP contribution is -2.32. The third kappa shape index (κ3) is 5.22. The van der Waals surface area contributed by atoms with E-state index >= 15 is 0 Å². The van der Waals surface area contributed by atoms with Crippen LogP contribution in [0.2, 0.25) is 0 Å². The summed E-state index contributed by atoms with van der Waals surface area (Å²) in [7, 11) is -2.65. The Labute approximate surface area is 119 Å². The molecule has 0 amide bonds. The number of nitrogens with zero attached hydrogens (tertiary/aromatic N) is 1. The molecule has 0 radical (unpaired) electrons. The summed E-state index contributed by atoms with van der Waals surface area (Å²) in [6, 6.07) is 3.94. The van der Waals surface area contributed by atoms with Crippen molar-refractivity contribution in [2.24, 2.45) is 0 Å². The number of hydrogen-bond acceptors (Lipinski definition) is 4. The van der Waals surface area contributed by atoms with Crippen LogP contribution in [0.25, 0.3) is 0 Å². The van der Waals surface area contributed by atoms with Gasteiger partial charge < -0.3 is 4.74 Å². The van der Waals surface area contributed by atoms with Crippen LogP contribution in [0.15, 0.2) is 18.2 Å². The maximum atomic E-state index is 12.7. The van der Waals surface area contributed by atoms with Crippen molar-refractivity contribution in [3.05, 3.63) is 29.3 Å². The van der Waals surface area contributed by atoms with Crippen LogP contribution >= 0.6 is 0 Å². The average molecular weight is 323 g/mol. The van der Waals surface area contributed by atoms with Gasteiger partial charge in [-0.1, -0.05) is 0 Å². The molecule has 0 aromatic heterocycles. The Balaban J connectivity index is 2.98. The zero-order valence-corrected chi connectivity index (χ0v) is 11.7. The average Bonchev–Trinajstić information content (AvgIpc) is 2.37. The van der Waals surface area contributed by atoms with Crippen molar-refractivity contribution in [1.29, 1.82) is 5.26 Å². The van der Waals surface area contributed by atoms with Crippen LogP contribution in [-0.2, 0) is 21.1 Å². The molecule has 0 atom stereocenters. The van der Waals surface area contributed by atoms with E-state index in [0.29, 0.717) is 6.07 Å². The molecule has 0 aliphatic carbocycles. The second kappa shape index (κ2) is 6.75. The van der Waals surface area contributed by atoms with E-state index in [4.69, 9.17) is 5.26 Å². The fourth-order valence-corrected chi connectivity index (χ4v) is 2.27. The lowest BCUT2D eigenvalue weighted by Gasteiger charge is -2.13. The van der Waals surface area contributed by atoms with Gasteiger partial charge in [-0.15, -0.1) is 0 Å². The topological polar surface area (TPSA) is 91.2 Å². The van der Waals surface area contributed by atoms with Crippen molar-refractivity contribution in [1.82, 2.24) is 4.72 Å². The number of benzene rings is 1. The standard InChI is InChI=1S/C11H12F3N3O3S/c1-20-5-4-16-21(18,19)17-9-3-2-8(7-15)10(6-9)11(12,13)14/h2-3,6,16-17H,4-5H2,1H3. The first kappa shape index (κ1) is 17.2. The molecule has 2 N–H and O–H groups in total. The third-order valence-electron chi connectivity index (χ3n) is 2.30. The van der Waals surface area contributed by atoms with E-state index in [1.807, 2.05) is 4.72 Å². The van der Waals surface area contributed by atoms with Crippen molar-refractivity contribution in [3.63, 3.8) is 0 Å². The molecule has 10 heteroatoms. The van der Waals surface area contributed by atoms with Crippen molar-refractivity contribution < 1.29 is 26.3 Å². The SMILES string of the molecule is COCCNS(=O)(=O)Nc1ccc(C#N)c(C(F)(F)F)c1. The van der Waals surface area contributed by atoms with E-state index in [2.05, 4.69) is 9.46 Å². The van der Waals surface area contributed by atoms with Crippen LogP contribution in [0.3, 0.4) is 0 Å². The molecule has 0 aliphatic heterocycles. The Hall–Kier alpha value is -1.83. The molecule has 6 nitrogen and oxygen atoms in total. The van der Waals surface area contributed by atoms with Crippen molar-refractivity contribution in [2.75, 3.05) is 25.0 Å². The van der Waals surface area contributed by atoms with E-state index in [9.17, 15) is 21.6 Å². The highest BCUT2D eigenvalue weighted by Crippen LogP contribution is 2.33. The summed E-state index contributed by atoms with van der Waals surface area (Å²) >= 11 is 0. The van der Waals surface area contributed by atoms with Gasteiger partial charge in [0, 0.05) is 13.7 Å². The fourth-order valence-electron chi connectivity index (χ4n) is 1.41. The monoisotopic (exact) mass is 323 g/mol. The molecule has 1 aromatic carbocycles. The van der Waals surface area contributed by atoms with Gasteiger partial charge in [0.15, 0.2) is 0 Å². The van der Waals surface area contributed by atoms with Crippen molar-refractivity contribution in [2.45, 2.75) is 6.18 Å². The molecule has 0 unspecified atom stereocenters. The molecular formula is C11H12F3N3O3S. The number of ether oxygens (including phenoxy) is 1. The predicted octanol–water partition coefficient (Wildman–Crippen LogP) is 1.47. The van der Waals surface area contributed by atoms with Gasteiger partial charge >= 0.3 is 6.18 Å². The number of nitriles is 1. The summed E-state index contributed by atoms with van der Waals surface area (Å²) in [6.45, 7) is 0.0797. The van der Waals surface area contributed by atoms with Crippen LogP contribution in [0.4, 0.5) is 18.9 Å². The highest BCUT2D eigenvalue weighted by molar-refractivity contribution is 7.90. The van der Waals surface area contributed by atoms with Gasteiger partial charge in [-0.05, 0) is 18.2 Å². The minimum absolute atomic E-state index is 0.0335. The predicted molar refractivity (Wildman–Crippen MR) is 68.6 cm³/mol. The maximum Gasteiger partial charge on any atom is 0.417 e. The Bertz CT molecular complexity index is 638. The van der Waals surface area contributed by atoms with E-state index in [0.717, 1.165) is 12.1 Å². The zero-order valence-electron chi connectivity index (χ0n) is 10.9. The minimum Gasteiger partial charge on any atom is -0.383 e. The van der Waals surface area contributed by atoms with E-state index < -0.39 is 27.5 Å². The second-order valence-corrected chi connectivity index (χ2v) is 5.36. The summed E-state index contributed by atoms with van der Waals surface area (Å²) < 4.78 is 70.0. The fraction of sp³-hybridized carbons (Fsp3) is 0.364. The van der Waals surface area contributed by atoms with Crippen LogP contribution in [-0.4, -0.2) is 28.7 Å². The third-order valence-corrected chi connectivity index (χ3v) is 3.38. The van der Waals surface area contributed by atoms with Crippen molar-refractivity contribution >= 4 is 15.9 Å². The summed E-state index contributed by atoms with van der Waals surface area (Å²) in [5, 5.41) is 8.63. The summed E-state index contributed by atoms with van der Waals surface area (Å²) in [6.07, 6.45) is -4.75. The summed E-state index contributed by atoms with van der Waals surface area (Å²) in [4.78, 5) is 0. The van der Waals surface area contributed by atoms with Crippen molar-refractivity contribution in [3.8, 4) is 6.07 Å². The summed E-state index contributed by atoms with van der Waals surface area (Å²) in [5.41, 5.74) is -2.09. The van der Waals surface area contributed by atoms with Crippen LogP contribution in [0.1, 0.15) is 11.1 Å². The van der Waals surface area contributed by atoms with E-state index in [-0.39, 0.29) is 18.8 Å². The van der Waals surface area contributed by atoms with Gasteiger partial charge in [0.1, 0.15) is 0 Å². The summed E-state index contributed by atoms with van der Waals surface area (Å²) in [5.74, 6) is 0. The van der Waals surface area contributed by atoms with Gasteiger partial charge in [0.2, 0.25) is 0 Å². The molecule has 0 fully saturated rings. The van der Waals surface area contributed by atoms with Crippen LogP contribution < -0.4 is 9.44 Å². The van der Waals surface area contributed by atoms with Gasteiger partial charge in [-0.2, -0.15) is 31.6 Å². The Morgan fingerprint density at radius 1 is 1.38 bits per heavy atom. The smallest absolute Gasteiger partial charge is 0.383 e. The molecule has 21 heavy (non-hydrogen) atoms. The largest absolute Gasteiger partial charge is 0.417 e. The molecule has 0 heterocycles. The first-order valence-corrected chi connectivity index (χ1v) is 7.05. The maximum absolute atomic E-state index is 12.7. The molecule has 0 spiro atoms. The van der Waals surface area contributed by atoms with Crippen LogP contribution in [0.5, 0.6) is 0 Å². The lowest BCUT2D eigenvalue weighted by molar-refractivity contribution is -0.137. The molecule has 0 aliphatic rings. The zero-order chi connectivity index (χ0) is 16.1. The molecule has 0 bridgehead atoms. The number of hydrogen-bond donors (Lipinski definition) is 2. The Morgan fingerprint density at radius 3 is 2.57 bits per heavy atom. The quantitative estimate of drug-likeness (QED) is 0.776. The highest BCUT2D eigenvalue weighted by Gasteiger charge is 2.34. The molecular weight excluding hydrogens is 311 g/mol. The highest BCUT2D eigenvalue weighted by atomic mass is 32.2. The lowest BCUT2D eigenvalue weighted by atomic mass is 10.1. The molecule has 1 aromatic rings. The Kier molecular flexibility index (Phi) is 5.54. The number of methoxy groups -OCH3 is 1. The normalized spacial score (nSPS) is 12.0. The number of nitrogens with one attached hydrogen (secondary N) is 2. The van der Waals surface area contributed by atoms with E-state index in [1.54, 1.807) is 0 Å². The van der Waals surface area contributed by atoms with Gasteiger partial charge in [0.25, 0.3) is 10.2 Å².